The van der Waals surface area contributed by atoms with Crippen LogP contribution in [0, 0.1) is 0 Å². The SMILES string of the molecule is COC(=O)c1cc(=O)c2c(OC)c(OC)cc(OC)c2[nH]1. The van der Waals surface area contributed by atoms with Gasteiger partial charge in [-0.15, -0.1) is 0 Å². The quantitative estimate of drug-likeness (QED) is 0.856. The van der Waals surface area contributed by atoms with Crippen LogP contribution < -0.4 is 19.6 Å². The molecule has 1 aromatic heterocycles. The number of pyridine rings is 1. The number of hydrogen-bond acceptors (Lipinski definition) is 6. The molecule has 0 aliphatic carbocycles. The Morgan fingerprint density at radius 1 is 1.00 bits per heavy atom. The Labute approximate surface area is 120 Å². The molecule has 21 heavy (non-hydrogen) atoms. The number of rotatable bonds is 4. The summed E-state index contributed by atoms with van der Waals surface area (Å²) in [6, 6.07) is 2.72. The number of ether oxygens (including phenoxy) is 4. The Balaban J connectivity index is 2.92. The Morgan fingerprint density at radius 3 is 2.19 bits per heavy atom. The maximum Gasteiger partial charge on any atom is 0.354 e. The molecule has 1 aromatic carbocycles. The van der Waals surface area contributed by atoms with Crippen molar-refractivity contribution in [3.63, 3.8) is 0 Å². The van der Waals surface area contributed by atoms with Crippen LogP contribution in [0.1, 0.15) is 10.5 Å². The van der Waals surface area contributed by atoms with Gasteiger partial charge in [0.15, 0.2) is 16.9 Å². The number of carbonyl (C=O) groups is 1. The maximum atomic E-state index is 12.3. The lowest BCUT2D eigenvalue weighted by Crippen LogP contribution is -2.13. The van der Waals surface area contributed by atoms with E-state index in [0.29, 0.717) is 17.0 Å². The lowest BCUT2D eigenvalue weighted by atomic mass is 10.1. The normalized spacial score (nSPS) is 10.3. The van der Waals surface area contributed by atoms with Gasteiger partial charge in [0, 0.05) is 12.1 Å². The topological polar surface area (TPSA) is 86.9 Å². The van der Waals surface area contributed by atoms with E-state index in [-0.39, 0.29) is 16.8 Å². The first-order valence-electron chi connectivity index (χ1n) is 6.01. The fourth-order valence-electron chi connectivity index (χ4n) is 2.09. The van der Waals surface area contributed by atoms with Gasteiger partial charge in [-0.25, -0.2) is 4.79 Å². The summed E-state index contributed by atoms with van der Waals surface area (Å²) in [6.45, 7) is 0. The van der Waals surface area contributed by atoms with Crippen LogP contribution in [-0.4, -0.2) is 39.4 Å². The summed E-state index contributed by atoms with van der Waals surface area (Å²) in [5, 5.41) is 0.237. The minimum Gasteiger partial charge on any atom is -0.494 e. The van der Waals surface area contributed by atoms with Crippen LogP contribution in [0.4, 0.5) is 0 Å². The number of aromatic amines is 1. The highest BCUT2D eigenvalue weighted by atomic mass is 16.5. The van der Waals surface area contributed by atoms with Crippen LogP contribution >= 0.6 is 0 Å². The van der Waals surface area contributed by atoms with Crippen LogP contribution in [0.3, 0.4) is 0 Å². The van der Waals surface area contributed by atoms with Crippen LogP contribution in [0.5, 0.6) is 17.2 Å². The number of benzene rings is 1. The molecule has 0 fully saturated rings. The summed E-state index contributed by atoms with van der Waals surface area (Å²) in [4.78, 5) is 26.7. The summed E-state index contributed by atoms with van der Waals surface area (Å²) in [7, 11) is 5.57. The molecule has 0 aliphatic rings. The number of hydrogen-bond donors (Lipinski definition) is 1. The number of esters is 1. The third kappa shape index (κ3) is 2.37. The Morgan fingerprint density at radius 2 is 1.67 bits per heavy atom. The molecule has 7 nitrogen and oxygen atoms in total. The highest BCUT2D eigenvalue weighted by Crippen LogP contribution is 2.38. The van der Waals surface area contributed by atoms with E-state index in [1.165, 1.54) is 28.4 Å². The molecule has 2 aromatic rings. The zero-order valence-electron chi connectivity index (χ0n) is 12.1. The van der Waals surface area contributed by atoms with Crippen molar-refractivity contribution in [2.75, 3.05) is 28.4 Å². The average molecular weight is 293 g/mol. The van der Waals surface area contributed by atoms with Crippen LogP contribution in [0.2, 0.25) is 0 Å². The third-order valence-corrected chi connectivity index (χ3v) is 3.04. The summed E-state index contributed by atoms with van der Waals surface area (Å²) < 4.78 is 20.3. The van der Waals surface area contributed by atoms with Crippen molar-refractivity contribution in [1.82, 2.24) is 4.98 Å². The van der Waals surface area contributed by atoms with Gasteiger partial charge in [-0.3, -0.25) is 4.79 Å². The predicted molar refractivity (Wildman–Crippen MR) is 75.6 cm³/mol. The van der Waals surface area contributed by atoms with Crippen LogP contribution in [0.25, 0.3) is 10.9 Å². The van der Waals surface area contributed by atoms with Crippen molar-refractivity contribution in [2.45, 2.75) is 0 Å². The maximum absolute atomic E-state index is 12.3. The molecular formula is C14H15NO6. The molecule has 0 saturated heterocycles. The molecule has 2 rings (SSSR count). The van der Waals surface area contributed by atoms with Crippen LogP contribution in [-0.2, 0) is 4.74 Å². The van der Waals surface area contributed by atoms with Crippen molar-refractivity contribution in [3.05, 3.63) is 28.0 Å². The van der Waals surface area contributed by atoms with E-state index in [2.05, 4.69) is 9.72 Å². The van der Waals surface area contributed by atoms with Gasteiger partial charge in [-0.1, -0.05) is 0 Å². The van der Waals surface area contributed by atoms with Crippen molar-refractivity contribution in [3.8, 4) is 17.2 Å². The average Bonchev–Trinajstić information content (AvgIpc) is 2.52. The highest BCUT2D eigenvalue weighted by Gasteiger charge is 2.20. The standard InChI is InChI=1S/C14H15NO6/c1-18-9-6-10(19-2)13(20-3)11-8(16)5-7(14(17)21-4)15-12(9)11/h5-6H,1-4H3,(H,15,16). The van der Waals surface area contributed by atoms with Crippen molar-refractivity contribution in [1.29, 1.82) is 0 Å². The summed E-state index contributed by atoms with van der Waals surface area (Å²) in [5.74, 6) is 0.334. The van der Waals surface area contributed by atoms with E-state index in [1.54, 1.807) is 6.07 Å². The van der Waals surface area contributed by atoms with Crippen molar-refractivity contribution >= 4 is 16.9 Å². The first kappa shape index (κ1) is 14.7. The van der Waals surface area contributed by atoms with E-state index >= 15 is 0 Å². The zero-order chi connectivity index (χ0) is 15.6. The minimum atomic E-state index is -0.647. The fraction of sp³-hybridized carbons (Fsp3) is 0.286. The molecule has 1 heterocycles. The molecular weight excluding hydrogens is 278 g/mol. The van der Waals surface area contributed by atoms with Gasteiger partial charge in [-0.05, 0) is 0 Å². The van der Waals surface area contributed by atoms with Gasteiger partial charge in [-0.2, -0.15) is 0 Å². The Bertz CT molecular complexity index is 749. The largest absolute Gasteiger partial charge is 0.494 e. The number of carbonyl (C=O) groups excluding carboxylic acids is 1. The van der Waals surface area contributed by atoms with E-state index in [1.807, 2.05) is 0 Å². The molecule has 0 atom stereocenters. The molecule has 0 aliphatic heterocycles. The molecule has 0 unspecified atom stereocenters. The summed E-state index contributed by atoms with van der Waals surface area (Å²) in [5.41, 5.74) is -0.0400. The second-order valence-electron chi connectivity index (χ2n) is 4.10. The molecule has 7 heteroatoms. The smallest absolute Gasteiger partial charge is 0.354 e. The number of methoxy groups -OCH3 is 4. The van der Waals surface area contributed by atoms with Gasteiger partial charge in [0.2, 0.25) is 0 Å². The number of aromatic nitrogens is 1. The minimum absolute atomic E-state index is 0.0283. The molecule has 0 amide bonds. The van der Waals surface area contributed by atoms with E-state index in [0.717, 1.165) is 6.07 Å². The summed E-state index contributed by atoms with van der Waals surface area (Å²) in [6.07, 6.45) is 0. The fourth-order valence-corrected chi connectivity index (χ4v) is 2.09. The van der Waals surface area contributed by atoms with Crippen molar-refractivity contribution in [2.24, 2.45) is 0 Å². The third-order valence-electron chi connectivity index (χ3n) is 3.04. The Kier molecular flexibility index (Phi) is 4.02. The van der Waals surface area contributed by atoms with Crippen molar-refractivity contribution < 1.29 is 23.7 Å². The molecule has 1 N–H and O–H groups in total. The Hall–Kier alpha value is -2.70. The molecule has 0 radical (unpaired) electrons. The number of H-pyrrole nitrogens is 1. The lowest BCUT2D eigenvalue weighted by Gasteiger charge is -2.14. The number of nitrogens with one attached hydrogen (secondary N) is 1. The molecule has 0 bridgehead atoms. The zero-order valence-corrected chi connectivity index (χ0v) is 12.1. The van der Waals surface area contributed by atoms with Crippen LogP contribution in [0.15, 0.2) is 16.9 Å². The second kappa shape index (κ2) is 5.74. The highest BCUT2D eigenvalue weighted by molar-refractivity contribution is 5.96. The van der Waals surface area contributed by atoms with Gasteiger partial charge in [0.1, 0.15) is 11.4 Å². The molecule has 0 spiro atoms. The van der Waals surface area contributed by atoms with E-state index in [9.17, 15) is 9.59 Å². The molecule has 112 valence electrons. The lowest BCUT2D eigenvalue weighted by molar-refractivity contribution is 0.0594. The first-order chi connectivity index (χ1) is 10.1. The van der Waals surface area contributed by atoms with E-state index < -0.39 is 11.4 Å². The van der Waals surface area contributed by atoms with E-state index in [4.69, 9.17) is 14.2 Å². The van der Waals surface area contributed by atoms with Gasteiger partial charge in [0.25, 0.3) is 0 Å². The predicted octanol–water partition coefficient (Wildman–Crippen LogP) is 1.34. The van der Waals surface area contributed by atoms with Gasteiger partial charge in [0.05, 0.1) is 39.3 Å². The molecule has 0 saturated carbocycles. The van der Waals surface area contributed by atoms with Gasteiger partial charge >= 0.3 is 5.97 Å². The van der Waals surface area contributed by atoms with Gasteiger partial charge < -0.3 is 23.9 Å². The summed E-state index contributed by atoms with van der Waals surface area (Å²) >= 11 is 0. The number of fused-ring (bicyclic) bond motifs is 1. The second-order valence-corrected chi connectivity index (χ2v) is 4.10. The monoisotopic (exact) mass is 293 g/mol. The first-order valence-corrected chi connectivity index (χ1v) is 6.01.